The second kappa shape index (κ2) is 6.42. The number of benzene rings is 2. The number of nitrogens with zero attached hydrogens (tertiary/aromatic N) is 1. The van der Waals surface area contributed by atoms with Crippen molar-refractivity contribution < 1.29 is 4.74 Å². The summed E-state index contributed by atoms with van der Waals surface area (Å²) in [7, 11) is 3.51. The first-order chi connectivity index (χ1) is 9.69. The summed E-state index contributed by atoms with van der Waals surface area (Å²) in [6, 6.07) is 13.3. The van der Waals surface area contributed by atoms with Crippen LogP contribution in [-0.4, -0.2) is 14.2 Å². The van der Waals surface area contributed by atoms with Gasteiger partial charge in [-0.2, -0.15) is 5.26 Å². The summed E-state index contributed by atoms with van der Waals surface area (Å²) in [5, 5.41) is 12.9. The lowest BCUT2D eigenvalue weighted by Crippen LogP contribution is -2.06. The molecule has 102 valence electrons. The lowest BCUT2D eigenvalue weighted by Gasteiger charge is -2.14. The zero-order chi connectivity index (χ0) is 14.5. The van der Waals surface area contributed by atoms with Crippen molar-refractivity contribution >= 4 is 11.6 Å². The molecule has 0 heterocycles. The number of halogens is 1. The normalized spacial score (nSPS) is 10.1. The Morgan fingerprint density at radius 3 is 2.65 bits per heavy atom. The summed E-state index contributed by atoms with van der Waals surface area (Å²) in [4.78, 5) is 0. The molecule has 0 saturated heterocycles. The molecule has 0 aliphatic carbocycles. The largest absolute Gasteiger partial charge is 0.496 e. The molecule has 0 fully saturated rings. The number of hydrogen-bond acceptors (Lipinski definition) is 3. The van der Waals surface area contributed by atoms with Crippen molar-refractivity contribution in [2.45, 2.75) is 6.54 Å². The van der Waals surface area contributed by atoms with Gasteiger partial charge in [0.1, 0.15) is 5.75 Å². The van der Waals surface area contributed by atoms with E-state index < -0.39 is 0 Å². The third-order valence-corrected chi connectivity index (χ3v) is 3.29. The van der Waals surface area contributed by atoms with Crippen LogP contribution in [0.1, 0.15) is 11.1 Å². The number of methoxy groups -OCH3 is 1. The van der Waals surface area contributed by atoms with Crippen molar-refractivity contribution in [1.29, 1.82) is 5.26 Å². The van der Waals surface area contributed by atoms with Gasteiger partial charge in [-0.25, -0.2) is 0 Å². The molecule has 0 unspecified atom stereocenters. The first kappa shape index (κ1) is 14.4. The quantitative estimate of drug-likeness (QED) is 0.934. The van der Waals surface area contributed by atoms with E-state index in [9.17, 15) is 0 Å². The van der Waals surface area contributed by atoms with Crippen molar-refractivity contribution in [1.82, 2.24) is 5.32 Å². The predicted octanol–water partition coefficient (Wildman–Crippen LogP) is 3.61. The highest BCUT2D eigenvalue weighted by atomic mass is 35.5. The van der Waals surface area contributed by atoms with Gasteiger partial charge in [0.05, 0.1) is 18.7 Å². The molecule has 2 aromatic rings. The smallest absolute Gasteiger partial charge is 0.126 e. The average molecular weight is 287 g/mol. The molecule has 0 atom stereocenters. The maximum absolute atomic E-state index is 9.07. The van der Waals surface area contributed by atoms with Crippen molar-refractivity contribution in [3.63, 3.8) is 0 Å². The minimum atomic E-state index is 0.594. The fourth-order valence-corrected chi connectivity index (χ4v) is 2.30. The van der Waals surface area contributed by atoms with Gasteiger partial charge in [-0.3, -0.25) is 0 Å². The zero-order valence-electron chi connectivity index (χ0n) is 11.4. The number of nitrogens with one attached hydrogen (secondary N) is 1. The molecule has 0 bridgehead atoms. The van der Waals surface area contributed by atoms with Crippen LogP contribution < -0.4 is 10.1 Å². The van der Waals surface area contributed by atoms with Gasteiger partial charge in [0.15, 0.2) is 0 Å². The molecule has 3 nitrogen and oxygen atoms in total. The molecular weight excluding hydrogens is 272 g/mol. The van der Waals surface area contributed by atoms with E-state index in [1.807, 2.05) is 31.3 Å². The molecule has 0 amide bonds. The van der Waals surface area contributed by atoms with Crippen LogP contribution in [0.15, 0.2) is 36.4 Å². The Labute approximate surface area is 123 Å². The van der Waals surface area contributed by atoms with Gasteiger partial charge in [0.25, 0.3) is 0 Å². The first-order valence-electron chi connectivity index (χ1n) is 6.21. The third-order valence-electron chi connectivity index (χ3n) is 3.06. The van der Waals surface area contributed by atoms with Crippen LogP contribution in [0.2, 0.25) is 5.02 Å². The van der Waals surface area contributed by atoms with Crippen LogP contribution in [0.5, 0.6) is 5.75 Å². The van der Waals surface area contributed by atoms with Crippen LogP contribution in [0, 0.1) is 11.3 Å². The van der Waals surface area contributed by atoms with Crippen LogP contribution >= 0.6 is 11.6 Å². The molecule has 0 radical (unpaired) electrons. The van der Waals surface area contributed by atoms with Crippen molar-refractivity contribution in [3.05, 3.63) is 52.5 Å². The second-order valence-corrected chi connectivity index (χ2v) is 4.80. The standard InChI is InChI=1S/C16H15ClN2O/c1-19-10-12-4-5-13(17)8-14(12)15-7-11(9-18)3-6-16(15)20-2/h3-8,19H,10H2,1-2H3. The van der Waals surface area contributed by atoms with E-state index in [4.69, 9.17) is 21.6 Å². The van der Waals surface area contributed by atoms with Gasteiger partial charge >= 0.3 is 0 Å². The number of ether oxygens (including phenoxy) is 1. The Balaban J connectivity index is 2.66. The summed E-state index contributed by atoms with van der Waals surface area (Å²) >= 11 is 6.11. The van der Waals surface area contributed by atoms with Gasteiger partial charge in [-0.15, -0.1) is 0 Å². The van der Waals surface area contributed by atoms with E-state index in [1.165, 1.54) is 0 Å². The fraction of sp³-hybridized carbons (Fsp3) is 0.188. The lowest BCUT2D eigenvalue weighted by atomic mass is 9.97. The van der Waals surface area contributed by atoms with Crippen LogP contribution in [0.4, 0.5) is 0 Å². The van der Waals surface area contributed by atoms with E-state index in [0.29, 0.717) is 17.1 Å². The summed E-state index contributed by atoms with van der Waals surface area (Å²) < 4.78 is 5.40. The maximum Gasteiger partial charge on any atom is 0.126 e. The zero-order valence-corrected chi connectivity index (χ0v) is 12.2. The van der Waals surface area contributed by atoms with Crippen molar-refractivity contribution in [2.24, 2.45) is 0 Å². The van der Waals surface area contributed by atoms with Crippen LogP contribution in [-0.2, 0) is 6.54 Å². The molecule has 0 aliphatic heterocycles. The summed E-state index contributed by atoms with van der Waals surface area (Å²) in [6.45, 7) is 0.715. The minimum Gasteiger partial charge on any atom is -0.496 e. The Morgan fingerprint density at radius 1 is 1.20 bits per heavy atom. The summed E-state index contributed by atoms with van der Waals surface area (Å²) in [5.41, 5.74) is 3.54. The predicted molar refractivity (Wildman–Crippen MR) is 80.9 cm³/mol. The molecule has 1 N–H and O–H groups in total. The molecule has 4 heteroatoms. The van der Waals surface area contributed by atoms with Gasteiger partial charge in [-0.05, 0) is 48.5 Å². The Hall–Kier alpha value is -2.02. The molecule has 2 rings (SSSR count). The van der Waals surface area contributed by atoms with E-state index in [1.54, 1.807) is 19.2 Å². The number of rotatable bonds is 4. The van der Waals surface area contributed by atoms with E-state index >= 15 is 0 Å². The topological polar surface area (TPSA) is 45.0 Å². The molecule has 0 spiro atoms. The molecule has 0 aliphatic rings. The van der Waals surface area contributed by atoms with E-state index in [0.717, 1.165) is 22.4 Å². The van der Waals surface area contributed by atoms with E-state index in [-0.39, 0.29) is 0 Å². The summed E-state index contributed by atoms with van der Waals surface area (Å²) in [6.07, 6.45) is 0. The Bertz CT molecular complexity index is 662. The highest BCUT2D eigenvalue weighted by Crippen LogP contribution is 2.34. The minimum absolute atomic E-state index is 0.594. The summed E-state index contributed by atoms with van der Waals surface area (Å²) in [5.74, 6) is 0.726. The molecule has 0 aromatic heterocycles. The Kier molecular flexibility index (Phi) is 4.62. The van der Waals surface area contributed by atoms with Gasteiger partial charge in [-0.1, -0.05) is 17.7 Å². The first-order valence-corrected chi connectivity index (χ1v) is 6.59. The van der Waals surface area contributed by atoms with Crippen molar-refractivity contribution in [2.75, 3.05) is 14.2 Å². The van der Waals surface area contributed by atoms with E-state index in [2.05, 4.69) is 11.4 Å². The maximum atomic E-state index is 9.07. The molecule has 2 aromatic carbocycles. The third kappa shape index (κ3) is 2.93. The average Bonchev–Trinajstić information content (AvgIpc) is 2.48. The van der Waals surface area contributed by atoms with Gasteiger partial charge in [0, 0.05) is 17.1 Å². The monoisotopic (exact) mass is 286 g/mol. The molecular formula is C16H15ClN2O. The highest BCUT2D eigenvalue weighted by molar-refractivity contribution is 6.30. The second-order valence-electron chi connectivity index (χ2n) is 4.36. The highest BCUT2D eigenvalue weighted by Gasteiger charge is 2.12. The fourth-order valence-electron chi connectivity index (χ4n) is 2.13. The van der Waals surface area contributed by atoms with Crippen molar-refractivity contribution in [3.8, 4) is 22.9 Å². The molecule has 20 heavy (non-hydrogen) atoms. The number of nitriles is 1. The Morgan fingerprint density at radius 2 is 2.00 bits per heavy atom. The SMILES string of the molecule is CNCc1ccc(Cl)cc1-c1cc(C#N)ccc1OC. The number of hydrogen-bond donors (Lipinski definition) is 1. The molecule has 0 saturated carbocycles. The lowest BCUT2D eigenvalue weighted by molar-refractivity contribution is 0.416. The van der Waals surface area contributed by atoms with Crippen LogP contribution in [0.25, 0.3) is 11.1 Å². The van der Waals surface area contributed by atoms with Crippen LogP contribution in [0.3, 0.4) is 0 Å². The van der Waals surface area contributed by atoms with Gasteiger partial charge < -0.3 is 10.1 Å². The van der Waals surface area contributed by atoms with Gasteiger partial charge in [0.2, 0.25) is 0 Å².